The second kappa shape index (κ2) is 9.61. The summed E-state index contributed by atoms with van der Waals surface area (Å²) >= 11 is 5.81. The number of benzene rings is 1. The second-order valence-electron chi connectivity index (χ2n) is 8.85. The van der Waals surface area contributed by atoms with Crippen molar-refractivity contribution in [3.63, 3.8) is 0 Å². The molecule has 3 heterocycles. The number of rotatable bonds is 6. The zero-order valence-corrected chi connectivity index (χ0v) is 19.9. The first-order chi connectivity index (χ1) is 16.6. The van der Waals surface area contributed by atoms with Gasteiger partial charge in [-0.25, -0.2) is 13.8 Å². The third-order valence-corrected chi connectivity index (χ3v) is 6.62. The summed E-state index contributed by atoms with van der Waals surface area (Å²) in [6.07, 6.45) is -0.0628. The number of carboxylic acid groups (broad SMARTS) is 1. The lowest BCUT2D eigenvalue weighted by Gasteiger charge is -2.43. The zero-order chi connectivity index (χ0) is 25.3. The van der Waals surface area contributed by atoms with Crippen molar-refractivity contribution in [2.75, 3.05) is 11.9 Å². The van der Waals surface area contributed by atoms with Crippen molar-refractivity contribution in [2.45, 2.75) is 39.2 Å². The molecule has 0 radical (unpaired) electrons. The largest absolute Gasteiger partial charge is 0.481 e. The molecule has 0 aliphatic carbocycles. The van der Waals surface area contributed by atoms with Crippen LogP contribution in [0.3, 0.4) is 0 Å². The Morgan fingerprint density at radius 3 is 2.71 bits per heavy atom. The molecule has 8 nitrogen and oxygen atoms in total. The first-order valence-corrected chi connectivity index (χ1v) is 11.4. The van der Waals surface area contributed by atoms with E-state index in [9.17, 15) is 23.5 Å². The second-order valence-corrected chi connectivity index (χ2v) is 9.26. The smallest absolute Gasteiger partial charge is 0.310 e. The van der Waals surface area contributed by atoms with Crippen molar-refractivity contribution >= 4 is 35.1 Å². The van der Waals surface area contributed by atoms with Crippen LogP contribution >= 0.6 is 11.6 Å². The standard InChI is InChI=1S/C24H24ClF2N5O3/c1-13-10-20(31-30-13)29-19-7-6-17(26)18(28-19)12-24(23(34)35)8-9-32(14(2)11-24)22(33)15-4-3-5-16(25)21(15)27/h3-7,10,14H,8-9,11-12H2,1-2H3,(H,34,35)(H2,28,29,30,31). The summed E-state index contributed by atoms with van der Waals surface area (Å²) in [6, 6.07) is 8.05. The minimum Gasteiger partial charge on any atom is -0.481 e. The van der Waals surface area contributed by atoms with Crippen molar-refractivity contribution in [1.82, 2.24) is 20.1 Å². The molecule has 0 bridgehead atoms. The molecule has 1 amide bonds. The molecule has 1 aromatic carbocycles. The molecule has 1 saturated heterocycles. The van der Waals surface area contributed by atoms with E-state index in [1.807, 2.05) is 6.92 Å². The van der Waals surface area contributed by atoms with Crippen LogP contribution in [0.15, 0.2) is 36.4 Å². The molecule has 35 heavy (non-hydrogen) atoms. The molecule has 1 aliphatic heterocycles. The number of aromatic nitrogens is 3. The van der Waals surface area contributed by atoms with Gasteiger partial charge in [0.1, 0.15) is 11.6 Å². The minimum atomic E-state index is -1.35. The number of carbonyl (C=O) groups is 2. The van der Waals surface area contributed by atoms with Crippen molar-refractivity contribution < 1.29 is 23.5 Å². The first kappa shape index (κ1) is 24.6. The number of hydrogen-bond acceptors (Lipinski definition) is 5. The Morgan fingerprint density at radius 2 is 2.06 bits per heavy atom. The van der Waals surface area contributed by atoms with Gasteiger partial charge in [-0.15, -0.1) is 0 Å². The average molecular weight is 504 g/mol. The van der Waals surface area contributed by atoms with Crippen molar-refractivity contribution in [3.8, 4) is 0 Å². The van der Waals surface area contributed by atoms with Gasteiger partial charge in [-0.2, -0.15) is 5.10 Å². The number of pyridine rings is 1. The van der Waals surface area contributed by atoms with Crippen LogP contribution in [0.5, 0.6) is 0 Å². The Hall–Kier alpha value is -3.53. The van der Waals surface area contributed by atoms with Gasteiger partial charge in [0, 0.05) is 30.8 Å². The van der Waals surface area contributed by atoms with Gasteiger partial charge in [0.2, 0.25) is 0 Å². The molecule has 0 saturated carbocycles. The quantitative estimate of drug-likeness (QED) is 0.448. The number of carboxylic acids is 1. The van der Waals surface area contributed by atoms with Gasteiger partial charge in [-0.05, 0) is 51.0 Å². The van der Waals surface area contributed by atoms with E-state index in [1.165, 1.54) is 35.2 Å². The van der Waals surface area contributed by atoms with E-state index in [0.29, 0.717) is 11.6 Å². The van der Waals surface area contributed by atoms with Gasteiger partial charge >= 0.3 is 5.97 Å². The maximum atomic E-state index is 14.7. The summed E-state index contributed by atoms with van der Waals surface area (Å²) in [6.45, 7) is 3.58. The maximum Gasteiger partial charge on any atom is 0.310 e. The van der Waals surface area contributed by atoms with E-state index in [-0.39, 0.29) is 42.1 Å². The van der Waals surface area contributed by atoms with Gasteiger partial charge in [0.15, 0.2) is 11.6 Å². The molecule has 11 heteroatoms. The highest BCUT2D eigenvalue weighted by Gasteiger charge is 2.46. The van der Waals surface area contributed by atoms with Crippen LogP contribution in [0.1, 0.15) is 41.5 Å². The number of H-pyrrole nitrogens is 1. The third-order valence-electron chi connectivity index (χ3n) is 6.33. The molecule has 2 aromatic heterocycles. The number of piperidine rings is 1. The molecule has 184 valence electrons. The number of halogens is 3. The lowest BCUT2D eigenvalue weighted by Crippen LogP contribution is -2.52. The summed E-state index contributed by atoms with van der Waals surface area (Å²) in [5.74, 6) is -2.29. The summed E-state index contributed by atoms with van der Waals surface area (Å²) in [7, 11) is 0. The molecule has 2 unspecified atom stereocenters. The Balaban J connectivity index is 1.55. The molecule has 1 aliphatic rings. The summed E-state index contributed by atoms with van der Waals surface area (Å²) in [5.41, 5.74) is -0.698. The number of aryl methyl sites for hydroxylation is 1. The van der Waals surface area contributed by atoms with E-state index < -0.39 is 35.0 Å². The van der Waals surface area contributed by atoms with Crippen LogP contribution in [0, 0.1) is 24.0 Å². The fourth-order valence-corrected chi connectivity index (χ4v) is 4.67. The fraction of sp³-hybridized carbons (Fsp3) is 0.333. The van der Waals surface area contributed by atoms with E-state index >= 15 is 0 Å². The third kappa shape index (κ3) is 4.97. The predicted octanol–water partition coefficient (Wildman–Crippen LogP) is 4.73. The van der Waals surface area contributed by atoms with Crippen molar-refractivity contribution in [1.29, 1.82) is 0 Å². The Morgan fingerprint density at radius 1 is 1.29 bits per heavy atom. The Kier molecular flexibility index (Phi) is 6.75. The highest BCUT2D eigenvalue weighted by atomic mass is 35.5. The highest BCUT2D eigenvalue weighted by molar-refractivity contribution is 6.31. The molecule has 0 spiro atoms. The van der Waals surface area contributed by atoms with Crippen LogP contribution in [0.25, 0.3) is 0 Å². The fourth-order valence-electron chi connectivity index (χ4n) is 4.50. The zero-order valence-electron chi connectivity index (χ0n) is 19.1. The van der Waals surface area contributed by atoms with Gasteiger partial charge in [-0.1, -0.05) is 17.7 Å². The van der Waals surface area contributed by atoms with E-state index in [0.717, 1.165) is 5.69 Å². The molecule has 2 atom stereocenters. The highest BCUT2D eigenvalue weighted by Crippen LogP contribution is 2.39. The summed E-state index contributed by atoms with van der Waals surface area (Å²) < 4.78 is 29.1. The number of nitrogens with zero attached hydrogens (tertiary/aromatic N) is 3. The van der Waals surface area contributed by atoms with Crippen molar-refractivity contribution in [3.05, 3.63) is 70.0 Å². The SMILES string of the molecule is Cc1cc(Nc2ccc(F)c(CC3(C(=O)O)CCN(C(=O)c4cccc(Cl)c4F)C(C)C3)n2)n[nH]1. The maximum absolute atomic E-state index is 14.7. The number of amides is 1. The number of aromatic amines is 1. The molecule has 4 rings (SSSR count). The lowest BCUT2D eigenvalue weighted by molar-refractivity contribution is -0.153. The molecular weight excluding hydrogens is 480 g/mol. The van der Waals surface area contributed by atoms with Gasteiger partial charge < -0.3 is 15.3 Å². The Labute approximate surface area is 205 Å². The van der Waals surface area contributed by atoms with Gasteiger partial charge in [-0.3, -0.25) is 14.7 Å². The van der Waals surface area contributed by atoms with Crippen molar-refractivity contribution in [2.24, 2.45) is 5.41 Å². The van der Waals surface area contributed by atoms with Crippen LogP contribution in [-0.4, -0.2) is 49.7 Å². The molecule has 3 aromatic rings. The average Bonchev–Trinajstić information content (AvgIpc) is 3.22. The van der Waals surface area contributed by atoms with E-state index in [1.54, 1.807) is 13.0 Å². The topological polar surface area (TPSA) is 111 Å². The van der Waals surface area contributed by atoms with Crippen LogP contribution in [0.2, 0.25) is 5.02 Å². The van der Waals surface area contributed by atoms with E-state index in [2.05, 4.69) is 20.5 Å². The summed E-state index contributed by atoms with van der Waals surface area (Å²) in [5, 5.41) is 19.8. The minimum absolute atomic E-state index is 0.00230. The number of anilines is 2. The Bertz CT molecular complexity index is 1280. The van der Waals surface area contributed by atoms with Gasteiger partial charge in [0.05, 0.1) is 21.7 Å². The summed E-state index contributed by atoms with van der Waals surface area (Å²) in [4.78, 5) is 31.1. The number of carbonyl (C=O) groups excluding carboxylic acids is 1. The molecule has 3 N–H and O–H groups in total. The van der Waals surface area contributed by atoms with Crippen LogP contribution in [0.4, 0.5) is 20.4 Å². The van der Waals surface area contributed by atoms with E-state index in [4.69, 9.17) is 11.6 Å². The van der Waals surface area contributed by atoms with Crippen LogP contribution < -0.4 is 5.32 Å². The molecule has 1 fully saturated rings. The molecular formula is C24H24ClF2N5O3. The normalized spacial score (nSPS) is 20.0. The predicted molar refractivity (Wildman–Crippen MR) is 126 cm³/mol. The first-order valence-electron chi connectivity index (χ1n) is 11.0. The number of nitrogens with one attached hydrogen (secondary N) is 2. The van der Waals surface area contributed by atoms with Crippen LogP contribution in [-0.2, 0) is 11.2 Å². The monoisotopic (exact) mass is 503 g/mol. The van der Waals surface area contributed by atoms with Gasteiger partial charge in [0.25, 0.3) is 5.91 Å². The lowest BCUT2D eigenvalue weighted by atomic mass is 9.72. The number of likely N-dealkylation sites (tertiary alicyclic amines) is 1. The number of aliphatic carboxylic acids is 1. The number of hydrogen-bond donors (Lipinski definition) is 3.